The third kappa shape index (κ3) is 2.53. The number of ether oxygens (including phenoxy) is 1. The molecule has 2 unspecified atom stereocenters. The second-order valence-electron chi connectivity index (χ2n) is 6.98. The summed E-state index contributed by atoms with van der Waals surface area (Å²) in [6, 6.07) is 0.188. The van der Waals surface area contributed by atoms with Crippen molar-refractivity contribution in [2.24, 2.45) is 11.3 Å². The van der Waals surface area contributed by atoms with Crippen LogP contribution in [-0.2, 0) is 4.74 Å². The van der Waals surface area contributed by atoms with Crippen molar-refractivity contribution < 1.29 is 14.6 Å². The fourth-order valence-electron chi connectivity index (χ4n) is 3.28. The van der Waals surface area contributed by atoms with Crippen LogP contribution in [0.3, 0.4) is 0 Å². The summed E-state index contributed by atoms with van der Waals surface area (Å²) >= 11 is 0. The van der Waals surface area contributed by atoms with Crippen LogP contribution in [0.2, 0.25) is 0 Å². The summed E-state index contributed by atoms with van der Waals surface area (Å²) in [5.41, 5.74) is -0.213. The molecule has 5 nitrogen and oxygen atoms in total. The van der Waals surface area contributed by atoms with Crippen LogP contribution in [0, 0.1) is 11.3 Å². The monoisotopic (exact) mass is 284 g/mol. The molecule has 0 radical (unpaired) electrons. The minimum atomic E-state index is -0.158. The number of likely N-dealkylation sites (tertiary alicyclic amines) is 1. The van der Waals surface area contributed by atoms with Crippen LogP contribution >= 0.6 is 0 Å². The van der Waals surface area contributed by atoms with E-state index in [1.165, 1.54) is 0 Å². The van der Waals surface area contributed by atoms with Crippen LogP contribution in [0.5, 0.6) is 0 Å². The lowest BCUT2D eigenvalue weighted by Gasteiger charge is -2.59. The van der Waals surface area contributed by atoms with E-state index in [9.17, 15) is 4.79 Å². The highest BCUT2D eigenvalue weighted by Crippen LogP contribution is 2.51. The standard InChI is InChI=1S/C15H28N2O3/c1-14(2)12(9-15(14,3)20-4)16-13(19)17-7-5-11(10-18)6-8-17/h11-12,18H,5-10H2,1-4H3,(H,16,19). The van der Waals surface area contributed by atoms with Crippen molar-refractivity contribution >= 4 is 6.03 Å². The van der Waals surface area contributed by atoms with Crippen LogP contribution < -0.4 is 5.32 Å². The van der Waals surface area contributed by atoms with E-state index in [1.54, 1.807) is 7.11 Å². The van der Waals surface area contributed by atoms with Gasteiger partial charge in [-0.1, -0.05) is 13.8 Å². The predicted octanol–water partition coefficient (Wildman–Crippen LogP) is 1.60. The maximum Gasteiger partial charge on any atom is 0.317 e. The van der Waals surface area contributed by atoms with Gasteiger partial charge in [-0.15, -0.1) is 0 Å². The van der Waals surface area contributed by atoms with Crippen molar-refractivity contribution in [1.29, 1.82) is 0 Å². The second-order valence-corrected chi connectivity index (χ2v) is 6.98. The molecule has 2 aliphatic rings. The minimum Gasteiger partial charge on any atom is -0.396 e. The molecule has 1 aliphatic carbocycles. The lowest BCUT2D eigenvalue weighted by Crippen LogP contribution is -2.69. The molecule has 116 valence electrons. The topological polar surface area (TPSA) is 61.8 Å². The number of aliphatic hydroxyl groups is 1. The number of rotatable bonds is 3. The summed E-state index contributed by atoms with van der Waals surface area (Å²) in [5.74, 6) is 0.357. The number of aliphatic hydroxyl groups excluding tert-OH is 1. The van der Waals surface area contributed by atoms with Crippen LogP contribution in [-0.4, -0.2) is 54.5 Å². The highest BCUT2D eigenvalue weighted by molar-refractivity contribution is 5.75. The van der Waals surface area contributed by atoms with Crippen molar-refractivity contribution in [3.63, 3.8) is 0 Å². The van der Waals surface area contributed by atoms with Gasteiger partial charge in [-0.05, 0) is 32.1 Å². The number of methoxy groups -OCH3 is 1. The molecule has 2 amide bonds. The third-order valence-electron chi connectivity index (χ3n) is 5.74. The van der Waals surface area contributed by atoms with Crippen molar-refractivity contribution in [3.8, 4) is 0 Å². The van der Waals surface area contributed by atoms with Crippen LogP contribution in [0.15, 0.2) is 0 Å². The maximum atomic E-state index is 12.3. The molecular weight excluding hydrogens is 256 g/mol. The quantitative estimate of drug-likeness (QED) is 0.827. The Balaban J connectivity index is 1.85. The summed E-state index contributed by atoms with van der Waals surface area (Å²) in [6.45, 7) is 8.10. The Morgan fingerprint density at radius 1 is 1.35 bits per heavy atom. The van der Waals surface area contributed by atoms with E-state index >= 15 is 0 Å². The lowest BCUT2D eigenvalue weighted by molar-refractivity contribution is -0.177. The molecule has 1 saturated carbocycles. The molecular formula is C15H28N2O3. The molecule has 0 aromatic heterocycles. The summed E-state index contributed by atoms with van der Waals surface area (Å²) in [4.78, 5) is 14.2. The Morgan fingerprint density at radius 3 is 2.40 bits per heavy atom. The molecule has 1 heterocycles. The van der Waals surface area contributed by atoms with Gasteiger partial charge in [0.05, 0.1) is 5.60 Å². The van der Waals surface area contributed by atoms with E-state index in [2.05, 4.69) is 26.1 Å². The molecule has 20 heavy (non-hydrogen) atoms. The molecule has 2 N–H and O–H groups in total. The lowest BCUT2D eigenvalue weighted by atomic mass is 9.56. The molecule has 0 aromatic carbocycles. The second kappa shape index (κ2) is 5.53. The van der Waals surface area contributed by atoms with Gasteiger partial charge in [0.2, 0.25) is 0 Å². The average molecular weight is 284 g/mol. The number of piperidine rings is 1. The van der Waals surface area contributed by atoms with Crippen molar-refractivity contribution in [3.05, 3.63) is 0 Å². The molecule has 0 spiro atoms. The minimum absolute atomic E-state index is 0.0256. The van der Waals surface area contributed by atoms with E-state index < -0.39 is 0 Å². The highest BCUT2D eigenvalue weighted by Gasteiger charge is 2.58. The van der Waals surface area contributed by atoms with Gasteiger partial charge >= 0.3 is 6.03 Å². The number of nitrogens with one attached hydrogen (secondary N) is 1. The number of carbonyl (C=O) groups excluding carboxylic acids is 1. The Kier molecular flexibility index (Phi) is 4.30. The van der Waals surface area contributed by atoms with Gasteiger partial charge in [0, 0.05) is 38.3 Å². The molecule has 5 heteroatoms. The molecule has 0 aromatic rings. The molecule has 1 aliphatic heterocycles. The summed E-state index contributed by atoms with van der Waals surface area (Å²) in [5, 5.41) is 12.3. The van der Waals surface area contributed by atoms with Gasteiger partial charge in [-0.2, -0.15) is 0 Å². The van der Waals surface area contributed by atoms with Gasteiger partial charge in [0.15, 0.2) is 0 Å². The first kappa shape index (κ1) is 15.6. The smallest absolute Gasteiger partial charge is 0.317 e. The van der Waals surface area contributed by atoms with Gasteiger partial charge in [0.25, 0.3) is 0 Å². The molecule has 0 bridgehead atoms. The maximum absolute atomic E-state index is 12.3. The molecule has 2 atom stereocenters. The van der Waals surface area contributed by atoms with Crippen LogP contribution in [0.25, 0.3) is 0 Å². The van der Waals surface area contributed by atoms with Crippen molar-refractivity contribution in [2.75, 3.05) is 26.8 Å². The molecule has 1 saturated heterocycles. The SMILES string of the molecule is COC1(C)CC(NC(=O)N2CCC(CO)CC2)C1(C)C. The highest BCUT2D eigenvalue weighted by atomic mass is 16.5. The number of urea groups is 1. The zero-order chi connectivity index (χ0) is 15.0. The van der Waals surface area contributed by atoms with Gasteiger partial charge < -0.3 is 20.1 Å². The summed E-state index contributed by atoms with van der Waals surface area (Å²) in [7, 11) is 1.74. The van der Waals surface area contributed by atoms with Crippen molar-refractivity contribution in [2.45, 2.75) is 51.7 Å². The summed E-state index contributed by atoms with van der Waals surface area (Å²) in [6.07, 6.45) is 2.65. The Bertz CT molecular complexity index is 364. The van der Waals surface area contributed by atoms with Gasteiger partial charge in [-0.3, -0.25) is 0 Å². The van der Waals surface area contributed by atoms with E-state index in [0.717, 1.165) is 32.4 Å². The largest absolute Gasteiger partial charge is 0.396 e. The Hall–Kier alpha value is -0.810. The molecule has 2 rings (SSSR count). The average Bonchev–Trinajstić information content (AvgIpc) is 2.46. The Labute approximate surface area is 121 Å². The zero-order valence-corrected chi connectivity index (χ0v) is 13.1. The summed E-state index contributed by atoms with van der Waals surface area (Å²) < 4.78 is 5.58. The van der Waals surface area contributed by atoms with Crippen LogP contribution in [0.4, 0.5) is 4.79 Å². The first-order chi connectivity index (χ1) is 9.34. The fraction of sp³-hybridized carbons (Fsp3) is 0.933. The number of amides is 2. The van der Waals surface area contributed by atoms with E-state index in [1.807, 2.05) is 4.90 Å². The van der Waals surface area contributed by atoms with Crippen LogP contribution in [0.1, 0.15) is 40.0 Å². The zero-order valence-electron chi connectivity index (χ0n) is 13.1. The van der Waals surface area contributed by atoms with E-state index in [-0.39, 0.29) is 29.7 Å². The Morgan fingerprint density at radius 2 is 1.95 bits per heavy atom. The van der Waals surface area contributed by atoms with Crippen molar-refractivity contribution in [1.82, 2.24) is 10.2 Å². The number of carbonyl (C=O) groups is 1. The predicted molar refractivity (Wildman–Crippen MR) is 77.5 cm³/mol. The van der Waals surface area contributed by atoms with Gasteiger partial charge in [-0.25, -0.2) is 4.79 Å². The molecule has 2 fully saturated rings. The van der Waals surface area contributed by atoms with Gasteiger partial charge in [0.1, 0.15) is 0 Å². The first-order valence-corrected chi connectivity index (χ1v) is 7.55. The third-order valence-corrected chi connectivity index (χ3v) is 5.74. The number of hydrogen-bond donors (Lipinski definition) is 2. The number of hydrogen-bond acceptors (Lipinski definition) is 3. The normalized spacial score (nSPS) is 33.6. The van der Waals surface area contributed by atoms with E-state index in [4.69, 9.17) is 9.84 Å². The number of nitrogens with zero attached hydrogens (tertiary/aromatic N) is 1. The fourth-order valence-corrected chi connectivity index (χ4v) is 3.28. The van der Waals surface area contributed by atoms with E-state index in [0.29, 0.717) is 5.92 Å². The first-order valence-electron chi connectivity index (χ1n) is 7.55.